The maximum Gasteiger partial charge on any atom is 0.129 e. The normalized spacial score (nSPS) is 9.75. The number of aromatic nitrogens is 1. The second-order valence-electron chi connectivity index (χ2n) is 2.88. The quantitative estimate of drug-likeness (QED) is 0.679. The van der Waals surface area contributed by atoms with Gasteiger partial charge in [0.2, 0.25) is 0 Å². The fourth-order valence-electron chi connectivity index (χ4n) is 1.06. The number of carbonyl (C=O) groups is 1. The van der Waals surface area contributed by atoms with Crippen LogP contribution in [0.15, 0.2) is 24.4 Å². The summed E-state index contributed by atoms with van der Waals surface area (Å²) in [7, 11) is 0. The molecule has 64 valence electrons. The molecule has 0 fully saturated rings. The molecule has 0 spiro atoms. The highest BCUT2D eigenvalue weighted by atomic mass is 16.1. The number of ketones is 1. The van der Waals surface area contributed by atoms with Crippen molar-refractivity contribution in [3.05, 3.63) is 30.1 Å². The molecule has 1 aromatic rings. The molecule has 0 aliphatic heterocycles. The van der Waals surface area contributed by atoms with Crippen LogP contribution in [-0.4, -0.2) is 10.8 Å². The number of nitrogens with zero attached hydrogens (tertiary/aromatic N) is 1. The molecule has 0 saturated heterocycles. The lowest BCUT2D eigenvalue weighted by atomic mass is 10.1. The molecule has 0 aliphatic carbocycles. The van der Waals surface area contributed by atoms with Crippen LogP contribution >= 0.6 is 0 Å². The van der Waals surface area contributed by atoms with Crippen LogP contribution in [-0.2, 0) is 11.2 Å². The zero-order chi connectivity index (χ0) is 8.81. The minimum absolute atomic E-state index is 0.255. The molecule has 12 heavy (non-hydrogen) atoms. The summed E-state index contributed by atoms with van der Waals surface area (Å²) < 4.78 is 0. The number of Topliss-reactive ketones (excluding diaryl/α,β-unsaturated/α-hetero) is 1. The van der Waals surface area contributed by atoms with Crippen LogP contribution in [0.1, 0.15) is 25.5 Å². The minimum Gasteiger partial charge on any atom is -0.300 e. The van der Waals surface area contributed by atoms with Crippen molar-refractivity contribution in [2.75, 3.05) is 0 Å². The fraction of sp³-hybridized carbons (Fsp3) is 0.400. The highest BCUT2D eigenvalue weighted by molar-refractivity contribution is 5.75. The minimum atomic E-state index is 0.255. The molecule has 0 unspecified atom stereocenters. The van der Waals surface area contributed by atoms with Gasteiger partial charge in [0.1, 0.15) is 5.78 Å². The Hall–Kier alpha value is -1.18. The third-order valence-corrected chi connectivity index (χ3v) is 1.69. The number of hydrogen-bond acceptors (Lipinski definition) is 2. The number of carbonyl (C=O) groups excluding carboxylic acids is 1. The van der Waals surface area contributed by atoms with E-state index in [2.05, 4.69) is 4.98 Å². The van der Waals surface area contributed by atoms with Gasteiger partial charge in [-0.15, -0.1) is 0 Å². The summed E-state index contributed by atoms with van der Waals surface area (Å²) in [6, 6.07) is 5.85. The lowest BCUT2D eigenvalue weighted by Gasteiger charge is -1.97. The van der Waals surface area contributed by atoms with E-state index in [1.165, 1.54) is 0 Å². The molecule has 1 aromatic heterocycles. The van der Waals surface area contributed by atoms with Gasteiger partial charge in [-0.25, -0.2) is 0 Å². The maximum absolute atomic E-state index is 10.6. The predicted octanol–water partition coefficient (Wildman–Crippen LogP) is 1.99. The summed E-state index contributed by atoms with van der Waals surface area (Å²) in [5.74, 6) is 0.255. The number of pyridine rings is 1. The summed E-state index contributed by atoms with van der Waals surface area (Å²) >= 11 is 0. The van der Waals surface area contributed by atoms with Gasteiger partial charge in [-0.3, -0.25) is 4.98 Å². The largest absolute Gasteiger partial charge is 0.300 e. The van der Waals surface area contributed by atoms with Gasteiger partial charge in [0, 0.05) is 18.3 Å². The molecule has 0 bridgehead atoms. The van der Waals surface area contributed by atoms with Crippen molar-refractivity contribution in [2.45, 2.75) is 26.2 Å². The van der Waals surface area contributed by atoms with Gasteiger partial charge >= 0.3 is 0 Å². The Morgan fingerprint density at radius 2 is 2.33 bits per heavy atom. The monoisotopic (exact) mass is 163 g/mol. The summed E-state index contributed by atoms with van der Waals surface area (Å²) in [6.45, 7) is 1.62. The van der Waals surface area contributed by atoms with Crippen LogP contribution in [0.5, 0.6) is 0 Å². The molecule has 0 amide bonds. The highest BCUT2D eigenvalue weighted by Gasteiger charge is 1.95. The third-order valence-electron chi connectivity index (χ3n) is 1.69. The van der Waals surface area contributed by atoms with Crippen molar-refractivity contribution in [3.63, 3.8) is 0 Å². The summed E-state index contributed by atoms with van der Waals surface area (Å²) in [5.41, 5.74) is 1.07. The maximum atomic E-state index is 10.6. The third kappa shape index (κ3) is 3.28. The molecular formula is C10H13NO. The lowest BCUT2D eigenvalue weighted by Crippen LogP contribution is -1.93. The van der Waals surface area contributed by atoms with Crippen molar-refractivity contribution in [2.24, 2.45) is 0 Å². The van der Waals surface area contributed by atoms with Crippen molar-refractivity contribution in [3.8, 4) is 0 Å². The second-order valence-corrected chi connectivity index (χ2v) is 2.88. The molecule has 0 atom stereocenters. The first-order chi connectivity index (χ1) is 5.79. The average Bonchev–Trinajstić information content (AvgIpc) is 2.05. The van der Waals surface area contributed by atoms with E-state index in [1.54, 1.807) is 13.1 Å². The lowest BCUT2D eigenvalue weighted by molar-refractivity contribution is -0.117. The Labute approximate surface area is 72.6 Å². The molecule has 0 N–H and O–H groups in total. The second kappa shape index (κ2) is 4.65. The summed E-state index contributed by atoms with van der Waals surface area (Å²) in [5, 5.41) is 0. The van der Waals surface area contributed by atoms with E-state index in [0.717, 1.165) is 18.5 Å². The zero-order valence-electron chi connectivity index (χ0n) is 7.29. The van der Waals surface area contributed by atoms with Gasteiger partial charge in [-0.05, 0) is 31.9 Å². The van der Waals surface area contributed by atoms with Crippen LogP contribution in [0, 0.1) is 0 Å². The van der Waals surface area contributed by atoms with Gasteiger partial charge in [0.15, 0.2) is 0 Å². The highest BCUT2D eigenvalue weighted by Crippen LogP contribution is 2.00. The van der Waals surface area contributed by atoms with Crippen molar-refractivity contribution in [1.82, 2.24) is 4.98 Å². The fourth-order valence-corrected chi connectivity index (χ4v) is 1.06. The first kappa shape index (κ1) is 8.91. The Bertz CT molecular complexity index is 243. The van der Waals surface area contributed by atoms with E-state index in [1.807, 2.05) is 18.2 Å². The number of aryl methyl sites for hydroxylation is 1. The van der Waals surface area contributed by atoms with Crippen LogP contribution in [0.4, 0.5) is 0 Å². The van der Waals surface area contributed by atoms with Crippen LogP contribution < -0.4 is 0 Å². The van der Waals surface area contributed by atoms with Crippen molar-refractivity contribution < 1.29 is 4.79 Å². The van der Waals surface area contributed by atoms with Crippen LogP contribution in [0.3, 0.4) is 0 Å². The number of rotatable bonds is 4. The van der Waals surface area contributed by atoms with E-state index in [-0.39, 0.29) is 5.78 Å². The summed E-state index contributed by atoms with van der Waals surface area (Å²) in [6.07, 6.45) is 4.26. The first-order valence-electron chi connectivity index (χ1n) is 4.18. The van der Waals surface area contributed by atoms with E-state index < -0.39 is 0 Å². The zero-order valence-corrected chi connectivity index (χ0v) is 7.29. The van der Waals surface area contributed by atoms with Crippen LogP contribution in [0.25, 0.3) is 0 Å². The molecule has 2 heteroatoms. The van der Waals surface area contributed by atoms with E-state index in [0.29, 0.717) is 6.42 Å². The van der Waals surface area contributed by atoms with Crippen molar-refractivity contribution in [1.29, 1.82) is 0 Å². The molecule has 0 aliphatic rings. The van der Waals surface area contributed by atoms with E-state index in [9.17, 15) is 4.79 Å². The molecule has 1 heterocycles. The molecule has 0 aromatic carbocycles. The van der Waals surface area contributed by atoms with E-state index in [4.69, 9.17) is 0 Å². The Balaban J connectivity index is 2.29. The molecular weight excluding hydrogens is 150 g/mol. The van der Waals surface area contributed by atoms with Gasteiger partial charge in [-0.2, -0.15) is 0 Å². The van der Waals surface area contributed by atoms with E-state index >= 15 is 0 Å². The van der Waals surface area contributed by atoms with Crippen molar-refractivity contribution >= 4 is 5.78 Å². The van der Waals surface area contributed by atoms with Gasteiger partial charge < -0.3 is 4.79 Å². The standard InChI is InChI=1S/C10H13NO/c1-9(12)5-4-7-10-6-2-3-8-11-10/h2-3,6,8H,4-5,7H2,1H3. The number of hydrogen-bond donors (Lipinski definition) is 0. The smallest absolute Gasteiger partial charge is 0.129 e. The van der Waals surface area contributed by atoms with Gasteiger partial charge in [-0.1, -0.05) is 6.07 Å². The predicted molar refractivity (Wildman–Crippen MR) is 47.9 cm³/mol. The van der Waals surface area contributed by atoms with Crippen LogP contribution in [0.2, 0.25) is 0 Å². The van der Waals surface area contributed by atoms with Gasteiger partial charge in [0.25, 0.3) is 0 Å². The molecule has 0 radical (unpaired) electrons. The first-order valence-corrected chi connectivity index (χ1v) is 4.18. The Morgan fingerprint density at radius 3 is 2.92 bits per heavy atom. The Kier molecular flexibility index (Phi) is 3.45. The topological polar surface area (TPSA) is 30.0 Å². The molecule has 2 nitrogen and oxygen atoms in total. The SMILES string of the molecule is CC(=O)CCCc1ccccn1. The average molecular weight is 163 g/mol. The Morgan fingerprint density at radius 1 is 1.50 bits per heavy atom. The molecule has 1 rings (SSSR count). The summed E-state index contributed by atoms with van der Waals surface area (Å²) in [4.78, 5) is 14.8. The molecule has 0 saturated carbocycles. The van der Waals surface area contributed by atoms with Gasteiger partial charge in [0.05, 0.1) is 0 Å².